The molecule has 1 aliphatic heterocycles. The third-order valence-electron chi connectivity index (χ3n) is 3.69. The fourth-order valence-electron chi connectivity index (χ4n) is 2.53. The third-order valence-corrected chi connectivity index (χ3v) is 3.69. The van der Waals surface area contributed by atoms with E-state index in [0.717, 1.165) is 0 Å². The van der Waals surface area contributed by atoms with Crippen molar-refractivity contribution in [2.45, 2.75) is 25.9 Å². The van der Waals surface area contributed by atoms with Crippen molar-refractivity contribution >= 4 is 23.2 Å². The van der Waals surface area contributed by atoms with E-state index >= 15 is 0 Å². The van der Waals surface area contributed by atoms with Gasteiger partial charge >= 0.3 is 0 Å². The first-order chi connectivity index (χ1) is 10.9. The molecular formula is C15H14N6O2. The van der Waals surface area contributed by atoms with Crippen molar-refractivity contribution in [3.8, 4) is 6.07 Å². The summed E-state index contributed by atoms with van der Waals surface area (Å²) in [5, 5.41) is 15.4. The predicted molar refractivity (Wildman–Crippen MR) is 81.4 cm³/mol. The highest BCUT2D eigenvalue weighted by molar-refractivity contribution is 6.14. The Kier molecular flexibility index (Phi) is 3.33. The Balaban J connectivity index is 1.97. The van der Waals surface area contributed by atoms with Crippen molar-refractivity contribution in [2.75, 3.05) is 10.2 Å². The Hall–Kier alpha value is -3.21. The van der Waals surface area contributed by atoms with Gasteiger partial charge in [-0.25, -0.2) is 9.67 Å². The molecule has 8 heteroatoms. The van der Waals surface area contributed by atoms with Crippen molar-refractivity contribution in [3.63, 3.8) is 0 Å². The van der Waals surface area contributed by atoms with E-state index in [1.54, 1.807) is 38.1 Å². The molecule has 0 saturated heterocycles. The minimum absolute atomic E-state index is 0.00570. The molecule has 116 valence electrons. The molecule has 3 rings (SSSR count). The quantitative estimate of drug-likeness (QED) is 0.888. The molecule has 0 aliphatic carbocycles. The summed E-state index contributed by atoms with van der Waals surface area (Å²) in [6.07, 6.45) is 1.32. The van der Waals surface area contributed by atoms with E-state index in [2.05, 4.69) is 15.4 Å². The van der Waals surface area contributed by atoms with Crippen LogP contribution in [0.1, 0.15) is 19.7 Å². The average molecular weight is 310 g/mol. The fourth-order valence-corrected chi connectivity index (χ4v) is 2.53. The summed E-state index contributed by atoms with van der Waals surface area (Å²) in [7, 11) is 0. The highest BCUT2D eigenvalue weighted by atomic mass is 16.2. The van der Waals surface area contributed by atoms with Gasteiger partial charge < -0.3 is 5.32 Å². The van der Waals surface area contributed by atoms with E-state index in [-0.39, 0.29) is 24.2 Å². The number of hydrogen-bond donors (Lipinski definition) is 1. The number of amides is 2. The first-order valence-corrected chi connectivity index (χ1v) is 6.96. The van der Waals surface area contributed by atoms with Crippen LogP contribution in [0.3, 0.4) is 0 Å². The number of rotatable bonds is 2. The van der Waals surface area contributed by atoms with Crippen LogP contribution in [0.4, 0.5) is 11.4 Å². The second-order valence-electron chi connectivity index (χ2n) is 5.64. The van der Waals surface area contributed by atoms with Gasteiger partial charge in [0, 0.05) is 0 Å². The highest BCUT2D eigenvalue weighted by Crippen LogP contribution is 2.36. The van der Waals surface area contributed by atoms with Crippen molar-refractivity contribution in [3.05, 3.63) is 36.4 Å². The van der Waals surface area contributed by atoms with Gasteiger partial charge in [-0.15, -0.1) is 5.10 Å². The summed E-state index contributed by atoms with van der Waals surface area (Å²) in [6, 6.07) is 8.91. The maximum atomic E-state index is 12.8. The summed E-state index contributed by atoms with van der Waals surface area (Å²) < 4.78 is 1.28. The minimum atomic E-state index is -1.04. The molecule has 0 fully saturated rings. The highest BCUT2D eigenvalue weighted by Gasteiger charge is 2.43. The lowest BCUT2D eigenvalue weighted by molar-refractivity contribution is -0.126. The van der Waals surface area contributed by atoms with Crippen LogP contribution in [-0.4, -0.2) is 32.1 Å². The predicted octanol–water partition coefficient (Wildman–Crippen LogP) is 0.914. The second kappa shape index (κ2) is 5.21. The summed E-state index contributed by atoms with van der Waals surface area (Å²) in [6.45, 7) is 3.25. The van der Waals surface area contributed by atoms with E-state index in [1.807, 2.05) is 6.07 Å². The molecule has 2 heterocycles. The summed E-state index contributed by atoms with van der Waals surface area (Å²) in [5.74, 6) is -0.582. The number of hydrogen-bond acceptors (Lipinski definition) is 5. The largest absolute Gasteiger partial charge is 0.322 e. The number of nitriles is 1. The molecule has 2 aromatic rings. The van der Waals surface area contributed by atoms with Gasteiger partial charge in [0.2, 0.25) is 11.8 Å². The Morgan fingerprint density at radius 1 is 1.39 bits per heavy atom. The Labute approximate surface area is 132 Å². The number of nitrogens with one attached hydrogen (secondary N) is 1. The van der Waals surface area contributed by atoms with Crippen molar-refractivity contribution in [1.29, 1.82) is 5.26 Å². The van der Waals surface area contributed by atoms with Crippen LogP contribution in [0.25, 0.3) is 0 Å². The average Bonchev–Trinajstić information content (AvgIpc) is 2.95. The van der Waals surface area contributed by atoms with Gasteiger partial charge in [0.15, 0.2) is 0 Å². The maximum absolute atomic E-state index is 12.8. The van der Waals surface area contributed by atoms with Crippen LogP contribution in [0.15, 0.2) is 30.6 Å². The number of carbonyl (C=O) groups is 2. The van der Waals surface area contributed by atoms with Crippen LogP contribution < -0.4 is 10.2 Å². The summed E-state index contributed by atoms with van der Waals surface area (Å²) in [4.78, 5) is 30.3. The topological polar surface area (TPSA) is 104 Å². The lowest BCUT2D eigenvalue weighted by Crippen LogP contribution is -2.59. The molecule has 1 aromatic heterocycles. The van der Waals surface area contributed by atoms with E-state index in [0.29, 0.717) is 11.4 Å². The van der Waals surface area contributed by atoms with Crippen LogP contribution >= 0.6 is 0 Å². The standard InChI is InChI=1S/C15H14N6O2/c1-15(2)14(23)18-10-5-3-4-6-11(10)21(15)13(22)8-20-9-17-12(7-16)19-20/h3-6,9H,8H2,1-2H3,(H,18,23). The third kappa shape index (κ3) is 2.42. The number of para-hydroxylation sites is 2. The van der Waals surface area contributed by atoms with E-state index in [1.165, 1.54) is 15.9 Å². The van der Waals surface area contributed by atoms with E-state index < -0.39 is 5.54 Å². The molecule has 0 saturated carbocycles. The number of benzene rings is 1. The number of anilines is 2. The van der Waals surface area contributed by atoms with Gasteiger partial charge in [0.05, 0.1) is 11.4 Å². The number of aromatic nitrogens is 3. The molecule has 0 spiro atoms. The molecular weight excluding hydrogens is 296 g/mol. The SMILES string of the molecule is CC1(C)C(=O)Nc2ccccc2N1C(=O)Cn1cnc(C#N)n1. The Morgan fingerprint density at radius 3 is 2.83 bits per heavy atom. The van der Waals surface area contributed by atoms with Gasteiger partial charge in [-0.05, 0) is 26.0 Å². The first-order valence-electron chi connectivity index (χ1n) is 6.96. The molecule has 1 aliphatic rings. The van der Waals surface area contributed by atoms with Crippen molar-refractivity contribution in [2.24, 2.45) is 0 Å². The molecule has 1 N–H and O–H groups in total. The molecule has 0 bridgehead atoms. The van der Waals surface area contributed by atoms with E-state index in [4.69, 9.17) is 5.26 Å². The molecule has 0 atom stereocenters. The molecule has 1 aromatic carbocycles. The first kappa shape index (κ1) is 14.7. The number of nitrogens with zero attached hydrogens (tertiary/aromatic N) is 5. The summed E-state index contributed by atoms with van der Waals surface area (Å²) >= 11 is 0. The van der Waals surface area contributed by atoms with E-state index in [9.17, 15) is 9.59 Å². The minimum Gasteiger partial charge on any atom is -0.322 e. The lowest BCUT2D eigenvalue weighted by Gasteiger charge is -2.42. The fraction of sp³-hybridized carbons (Fsp3) is 0.267. The second-order valence-corrected chi connectivity index (χ2v) is 5.64. The normalized spacial score (nSPS) is 15.5. The van der Waals surface area contributed by atoms with Gasteiger partial charge in [-0.3, -0.25) is 14.5 Å². The molecule has 0 unspecified atom stereocenters. The van der Waals surface area contributed by atoms with Gasteiger partial charge in [0.1, 0.15) is 24.5 Å². The zero-order valence-corrected chi connectivity index (χ0v) is 12.6. The van der Waals surface area contributed by atoms with Crippen LogP contribution in [0.5, 0.6) is 0 Å². The molecule has 8 nitrogen and oxygen atoms in total. The molecule has 0 radical (unpaired) electrons. The zero-order chi connectivity index (χ0) is 16.6. The molecule has 2 amide bonds. The monoisotopic (exact) mass is 310 g/mol. The Morgan fingerprint density at radius 2 is 2.13 bits per heavy atom. The smallest absolute Gasteiger partial charge is 0.252 e. The lowest BCUT2D eigenvalue weighted by atomic mass is 9.96. The van der Waals surface area contributed by atoms with Gasteiger partial charge in [-0.1, -0.05) is 12.1 Å². The van der Waals surface area contributed by atoms with Gasteiger partial charge in [0.25, 0.3) is 5.82 Å². The summed E-state index contributed by atoms with van der Waals surface area (Å²) in [5.41, 5.74) is 0.175. The zero-order valence-electron chi connectivity index (χ0n) is 12.6. The van der Waals surface area contributed by atoms with Crippen molar-refractivity contribution in [1.82, 2.24) is 14.8 Å². The molecule has 23 heavy (non-hydrogen) atoms. The van der Waals surface area contributed by atoms with Crippen LogP contribution in [-0.2, 0) is 16.1 Å². The Bertz CT molecular complexity index is 832. The number of fused-ring (bicyclic) bond motifs is 1. The van der Waals surface area contributed by atoms with Crippen LogP contribution in [0, 0.1) is 11.3 Å². The van der Waals surface area contributed by atoms with Crippen LogP contribution in [0.2, 0.25) is 0 Å². The maximum Gasteiger partial charge on any atom is 0.252 e. The van der Waals surface area contributed by atoms with Crippen molar-refractivity contribution < 1.29 is 9.59 Å². The number of carbonyl (C=O) groups excluding carboxylic acids is 2. The van der Waals surface area contributed by atoms with Gasteiger partial charge in [-0.2, -0.15) is 5.26 Å².